The van der Waals surface area contributed by atoms with Crippen LogP contribution in [0.15, 0.2) is 10.9 Å². The van der Waals surface area contributed by atoms with E-state index in [4.69, 9.17) is 0 Å². The Balaban J connectivity index is 1.88. The molecule has 104 valence electrons. The molecule has 1 aromatic heterocycles. The summed E-state index contributed by atoms with van der Waals surface area (Å²) in [5.74, 6) is 0. The number of hydrogen-bond donors (Lipinski definition) is 1. The SMILES string of the molecule is CCCCn1c2c(cc(CNC3CC3)c1=O)CCC2. The molecule has 1 fully saturated rings. The minimum atomic E-state index is 0.252. The average molecular weight is 260 g/mol. The first-order valence-corrected chi connectivity index (χ1v) is 7.77. The summed E-state index contributed by atoms with van der Waals surface area (Å²) in [5.41, 5.74) is 3.96. The van der Waals surface area contributed by atoms with Crippen molar-refractivity contribution in [1.82, 2.24) is 9.88 Å². The van der Waals surface area contributed by atoms with Crippen molar-refractivity contribution in [2.45, 2.75) is 71.0 Å². The first-order valence-electron chi connectivity index (χ1n) is 7.77. The van der Waals surface area contributed by atoms with E-state index in [1.54, 1.807) is 0 Å². The highest BCUT2D eigenvalue weighted by Crippen LogP contribution is 2.23. The second kappa shape index (κ2) is 5.49. The van der Waals surface area contributed by atoms with Crippen molar-refractivity contribution in [1.29, 1.82) is 0 Å². The normalized spacial score (nSPS) is 17.7. The number of fused-ring (bicyclic) bond motifs is 1. The van der Waals surface area contributed by atoms with E-state index in [0.717, 1.165) is 44.3 Å². The van der Waals surface area contributed by atoms with Crippen LogP contribution in [0, 0.1) is 0 Å². The zero-order valence-electron chi connectivity index (χ0n) is 11.9. The predicted molar refractivity (Wildman–Crippen MR) is 77.5 cm³/mol. The third-order valence-corrected chi connectivity index (χ3v) is 4.32. The monoisotopic (exact) mass is 260 g/mol. The summed E-state index contributed by atoms with van der Waals surface area (Å²) in [7, 11) is 0. The van der Waals surface area contributed by atoms with Gasteiger partial charge in [0.05, 0.1) is 0 Å². The quantitative estimate of drug-likeness (QED) is 0.852. The fourth-order valence-electron chi connectivity index (χ4n) is 3.00. The van der Waals surface area contributed by atoms with E-state index in [9.17, 15) is 4.79 Å². The molecule has 0 aliphatic heterocycles. The molecule has 0 atom stereocenters. The van der Waals surface area contributed by atoms with Gasteiger partial charge in [0.2, 0.25) is 0 Å². The Morgan fingerprint density at radius 2 is 2.21 bits per heavy atom. The van der Waals surface area contributed by atoms with Crippen LogP contribution in [0.2, 0.25) is 0 Å². The van der Waals surface area contributed by atoms with Crippen LogP contribution in [0.1, 0.15) is 55.8 Å². The van der Waals surface area contributed by atoms with E-state index in [1.807, 2.05) is 0 Å². The number of rotatable bonds is 6. The van der Waals surface area contributed by atoms with E-state index >= 15 is 0 Å². The molecule has 0 saturated heterocycles. The molecule has 1 heterocycles. The van der Waals surface area contributed by atoms with Crippen molar-refractivity contribution in [3.8, 4) is 0 Å². The lowest BCUT2D eigenvalue weighted by atomic mass is 10.1. The Kier molecular flexibility index (Phi) is 3.74. The third-order valence-electron chi connectivity index (χ3n) is 4.32. The van der Waals surface area contributed by atoms with Gasteiger partial charge in [0.15, 0.2) is 0 Å². The summed E-state index contributed by atoms with van der Waals surface area (Å²) in [6, 6.07) is 2.83. The van der Waals surface area contributed by atoms with Gasteiger partial charge < -0.3 is 9.88 Å². The summed E-state index contributed by atoms with van der Waals surface area (Å²) in [6.45, 7) is 3.83. The summed E-state index contributed by atoms with van der Waals surface area (Å²) in [4.78, 5) is 12.6. The van der Waals surface area contributed by atoms with Gasteiger partial charge in [-0.05, 0) is 50.2 Å². The lowest BCUT2D eigenvalue weighted by Gasteiger charge is -2.14. The highest BCUT2D eigenvalue weighted by molar-refractivity contribution is 5.30. The molecule has 3 nitrogen and oxygen atoms in total. The lowest BCUT2D eigenvalue weighted by molar-refractivity contribution is 0.578. The van der Waals surface area contributed by atoms with Crippen molar-refractivity contribution in [2.75, 3.05) is 0 Å². The van der Waals surface area contributed by atoms with E-state index in [0.29, 0.717) is 6.04 Å². The minimum Gasteiger partial charge on any atom is -0.312 e. The summed E-state index contributed by atoms with van der Waals surface area (Å²) in [6.07, 6.45) is 8.24. The number of hydrogen-bond acceptors (Lipinski definition) is 2. The van der Waals surface area contributed by atoms with Gasteiger partial charge in [-0.1, -0.05) is 13.3 Å². The molecule has 3 rings (SSSR count). The third kappa shape index (κ3) is 2.76. The molecular weight excluding hydrogens is 236 g/mol. The second-order valence-electron chi connectivity index (χ2n) is 5.96. The molecule has 3 heteroatoms. The van der Waals surface area contributed by atoms with E-state index in [1.165, 1.54) is 30.5 Å². The standard InChI is InChI=1S/C16H24N2O/c1-2-3-9-18-15-6-4-5-12(15)10-13(16(18)19)11-17-14-7-8-14/h10,14,17H,2-9,11H2,1H3. The molecule has 2 aliphatic rings. The Bertz CT molecular complexity index is 514. The molecule has 0 aromatic carbocycles. The molecule has 0 spiro atoms. The summed E-state index contributed by atoms with van der Waals surface area (Å²) in [5, 5.41) is 3.47. The van der Waals surface area contributed by atoms with Gasteiger partial charge in [0.1, 0.15) is 0 Å². The van der Waals surface area contributed by atoms with Crippen LogP contribution in [0.4, 0.5) is 0 Å². The highest BCUT2D eigenvalue weighted by atomic mass is 16.1. The van der Waals surface area contributed by atoms with Crippen LogP contribution in [-0.2, 0) is 25.9 Å². The van der Waals surface area contributed by atoms with E-state index in [2.05, 4.69) is 22.9 Å². The van der Waals surface area contributed by atoms with Crippen LogP contribution < -0.4 is 10.9 Å². The van der Waals surface area contributed by atoms with Gasteiger partial charge in [-0.25, -0.2) is 0 Å². The molecular formula is C16H24N2O. The minimum absolute atomic E-state index is 0.252. The number of aromatic nitrogens is 1. The largest absolute Gasteiger partial charge is 0.312 e. The summed E-state index contributed by atoms with van der Waals surface area (Å²) < 4.78 is 2.07. The second-order valence-corrected chi connectivity index (χ2v) is 5.96. The topological polar surface area (TPSA) is 34.0 Å². The number of pyridine rings is 1. The van der Waals surface area contributed by atoms with Gasteiger partial charge in [0.25, 0.3) is 5.56 Å². The molecule has 0 unspecified atom stereocenters. The smallest absolute Gasteiger partial charge is 0.255 e. The van der Waals surface area contributed by atoms with Crippen molar-refractivity contribution < 1.29 is 0 Å². The maximum Gasteiger partial charge on any atom is 0.255 e. The van der Waals surface area contributed by atoms with Gasteiger partial charge in [0, 0.05) is 30.4 Å². The van der Waals surface area contributed by atoms with Crippen LogP contribution in [0.25, 0.3) is 0 Å². The number of unbranched alkanes of at least 4 members (excludes halogenated alkanes) is 1. The Hall–Kier alpha value is -1.09. The van der Waals surface area contributed by atoms with Crippen molar-refractivity contribution in [3.05, 3.63) is 33.2 Å². The number of aryl methyl sites for hydroxylation is 1. The molecule has 2 aliphatic carbocycles. The molecule has 19 heavy (non-hydrogen) atoms. The molecule has 1 saturated carbocycles. The van der Waals surface area contributed by atoms with Crippen LogP contribution in [0.5, 0.6) is 0 Å². The fourth-order valence-corrected chi connectivity index (χ4v) is 3.00. The first kappa shape index (κ1) is 12.9. The molecule has 1 N–H and O–H groups in total. The van der Waals surface area contributed by atoms with Crippen molar-refractivity contribution in [3.63, 3.8) is 0 Å². The summed E-state index contributed by atoms with van der Waals surface area (Å²) >= 11 is 0. The lowest BCUT2D eigenvalue weighted by Crippen LogP contribution is -2.30. The maximum absolute atomic E-state index is 12.6. The molecule has 0 radical (unpaired) electrons. The number of nitrogens with zero attached hydrogens (tertiary/aromatic N) is 1. The van der Waals surface area contributed by atoms with Crippen LogP contribution in [0.3, 0.4) is 0 Å². The zero-order valence-corrected chi connectivity index (χ0v) is 11.9. The molecule has 0 amide bonds. The van der Waals surface area contributed by atoms with Gasteiger partial charge in [-0.2, -0.15) is 0 Å². The highest BCUT2D eigenvalue weighted by Gasteiger charge is 2.22. The van der Waals surface area contributed by atoms with Gasteiger partial charge in [-0.15, -0.1) is 0 Å². The Morgan fingerprint density at radius 3 is 2.95 bits per heavy atom. The fraction of sp³-hybridized carbons (Fsp3) is 0.688. The zero-order chi connectivity index (χ0) is 13.2. The molecule has 0 bridgehead atoms. The van der Waals surface area contributed by atoms with Crippen molar-refractivity contribution in [2.24, 2.45) is 0 Å². The van der Waals surface area contributed by atoms with Gasteiger partial charge in [-0.3, -0.25) is 4.79 Å². The van der Waals surface area contributed by atoms with E-state index in [-0.39, 0.29) is 5.56 Å². The first-order chi connectivity index (χ1) is 9.29. The molecule has 1 aromatic rings. The maximum atomic E-state index is 12.6. The Labute approximate surface area is 115 Å². The number of nitrogens with one attached hydrogen (secondary N) is 1. The van der Waals surface area contributed by atoms with Crippen LogP contribution >= 0.6 is 0 Å². The van der Waals surface area contributed by atoms with Gasteiger partial charge >= 0.3 is 0 Å². The predicted octanol–water partition coefficient (Wildman–Crippen LogP) is 2.39. The van der Waals surface area contributed by atoms with Crippen LogP contribution in [-0.4, -0.2) is 10.6 Å². The Morgan fingerprint density at radius 1 is 1.37 bits per heavy atom. The van der Waals surface area contributed by atoms with E-state index < -0.39 is 0 Å². The average Bonchev–Trinajstić information content (AvgIpc) is 3.13. The van der Waals surface area contributed by atoms with Crippen molar-refractivity contribution >= 4 is 0 Å².